The zero-order valence-corrected chi connectivity index (χ0v) is 16.5. The molecule has 9 nitrogen and oxygen atoms in total. The summed E-state index contributed by atoms with van der Waals surface area (Å²) in [4.78, 5) is 24.9. The first-order valence-corrected chi connectivity index (χ1v) is 10.5. The van der Waals surface area contributed by atoms with Crippen molar-refractivity contribution >= 4 is 21.4 Å². The van der Waals surface area contributed by atoms with Gasteiger partial charge in [-0.25, -0.2) is 8.42 Å². The fourth-order valence-corrected chi connectivity index (χ4v) is 4.35. The maximum absolute atomic E-state index is 12.7. The number of ether oxygens (including phenoxy) is 1. The van der Waals surface area contributed by atoms with Gasteiger partial charge in [-0.15, -0.1) is 0 Å². The molecule has 0 radical (unpaired) electrons. The molecule has 1 amide bonds. The van der Waals surface area contributed by atoms with Crippen molar-refractivity contribution in [1.82, 2.24) is 10.2 Å². The third-order valence-electron chi connectivity index (χ3n) is 4.84. The summed E-state index contributed by atoms with van der Waals surface area (Å²) >= 11 is 0. The molecule has 1 aliphatic rings. The molecule has 27 heavy (non-hydrogen) atoms. The zero-order valence-electron chi connectivity index (χ0n) is 15.7. The summed E-state index contributed by atoms with van der Waals surface area (Å²) in [5, 5.41) is 14.1. The van der Waals surface area contributed by atoms with Gasteiger partial charge in [-0.2, -0.15) is 0 Å². The highest BCUT2D eigenvalue weighted by Crippen LogP contribution is 2.32. The molecule has 1 atom stereocenters. The van der Waals surface area contributed by atoms with Gasteiger partial charge in [0.05, 0.1) is 29.4 Å². The second kappa shape index (κ2) is 8.66. The minimum atomic E-state index is -3.88. The summed E-state index contributed by atoms with van der Waals surface area (Å²) in [5.74, 6) is -0.861. The van der Waals surface area contributed by atoms with E-state index in [1.54, 1.807) is 0 Å². The maximum Gasteiger partial charge on any atom is 0.291 e. The summed E-state index contributed by atoms with van der Waals surface area (Å²) in [6.45, 7) is 5.74. The van der Waals surface area contributed by atoms with Crippen LogP contribution >= 0.6 is 0 Å². The Morgan fingerprint density at radius 2 is 2.11 bits per heavy atom. The molecule has 1 fully saturated rings. The predicted molar refractivity (Wildman–Crippen MR) is 100.0 cm³/mol. The molecule has 1 heterocycles. The Bertz CT molecular complexity index is 824. The lowest BCUT2D eigenvalue weighted by Crippen LogP contribution is -2.40. The number of carbonyl (C=O) groups excluding carboxylic acids is 1. The van der Waals surface area contributed by atoms with Crippen molar-refractivity contribution in [3.8, 4) is 5.75 Å². The van der Waals surface area contributed by atoms with Crippen LogP contribution in [-0.4, -0.2) is 62.7 Å². The summed E-state index contributed by atoms with van der Waals surface area (Å²) in [6.07, 6.45) is 2.04. The van der Waals surface area contributed by atoms with E-state index in [9.17, 15) is 23.3 Å². The minimum Gasteiger partial charge on any atom is -0.496 e. The Balaban J connectivity index is 2.35. The molecule has 0 aromatic heterocycles. The predicted octanol–water partition coefficient (Wildman–Crippen LogP) is 1.61. The van der Waals surface area contributed by atoms with Gasteiger partial charge in [0, 0.05) is 12.6 Å². The van der Waals surface area contributed by atoms with Gasteiger partial charge in [-0.05, 0) is 32.0 Å². The number of rotatable bonds is 8. The van der Waals surface area contributed by atoms with Gasteiger partial charge in [0.25, 0.3) is 11.6 Å². The van der Waals surface area contributed by atoms with E-state index in [4.69, 9.17) is 4.74 Å². The van der Waals surface area contributed by atoms with Crippen LogP contribution in [-0.2, 0) is 9.84 Å². The highest BCUT2D eigenvalue weighted by Gasteiger charge is 2.30. The van der Waals surface area contributed by atoms with E-state index >= 15 is 0 Å². The highest BCUT2D eigenvalue weighted by atomic mass is 32.2. The second-order valence-electron chi connectivity index (χ2n) is 6.32. The van der Waals surface area contributed by atoms with E-state index in [0.29, 0.717) is 6.54 Å². The van der Waals surface area contributed by atoms with Gasteiger partial charge < -0.3 is 10.1 Å². The van der Waals surface area contributed by atoms with E-state index < -0.39 is 31.3 Å². The monoisotopic (exact) mass is 399 g/mol. The first-order chi connectivity index (χ1) is 12.7. The number of nitro groups is 1. The first-order valence-electron chi connectivity index (χ1n) is 8.86. The van der Waals surface area contributed by atoms with Crippen LogP contribution in [0.25, 0.3) is 0 Å². The van der Waals surface area contributed by atoms with Crippen LogP contribution in [0.1, 0.15) is 37.0 Å². The molecular formula is C17H25N3O6S. The number of likely N-dealkylation sites (N-methyl/N-ethyl adjacent to an activating group) is 1. The molecule has 0 aliphatic carbocycles. The zero-order chi connectivity index (χ0) is 20.2. The van der Waals surface area contributed by atoms with Crippen LogP contribution < -0.4 is 10.1 Å². The van der Waals surface area contributed by atoms with E-state index in [-0.39, 0.29) is 23.1 Å². The molecule has 0 saturated carbocycles. The van der Waals surface area contributed by atoms with Crippen molar-refractivity contribution in [2.24, 2.45) is 0 Å². The molecule has 1 saturated heterocycles. The van der Waals surface area contributed by atoms with E-state index in [0.717, 1.165) is 38.1 Å². The molecule has 0 bridgehead atoms. The van der Waals surface area contributed by atoms with Gasteiger partial charge in [0.15, 0.2) is 9.84 Å². The third kappa shape index (κ3) is 4.56. The van der Waals surface area contributed by atoms with Gasteiger partial charge in [0.1, 0.15) is 10.6 Å². The quantitative estimate of drug-likeness (QED) is 0.521. The number of carbonyl (C=O) groups is 1. The van der Waals surface area contributed by atoms with E-state index in [1.165, 1.54) is 14.0 Å². The smallest absolute Gasteiger partial charge is 0.291 e. The number of nitro benzene ring substituents is 1. The molecule has 0 spiro atoms. The Labute approximate surface area is 158 Å². The lowest BCUT2D eigenvalue weighted by molar-refractivity contribution is -0.387. The molecule has 1 aromatic rings. The Morgan fingerprint density at radius 1 is 1.41 bits per heavy atom. The molecule has 0 unspecified atom stereocenters. The summed E-state index contributed by atoms with van der Waals surface area (Å²) < 4.78 is 29.6. The number of nitrogens with zero attached hydrogens (tertiary/aromatic N) is 2. The van der Waals surface area contributed by atoms with Crippen molar-refractivity contribution in [2.75, 3.05) is 32.5 Å². The number of sulfone groups is 1. The maximum atomic E-state index is 12.7. The number of methoxy groups -OCH3 is 1. The molecule has 1 N–H and O–H groups in total. The van der Waals surface area contributed by atoms with E-state index in [1.807, 2.05) is 0 Å². The van der Waals surface area contributed by atoms with Crippen LogP contribution in [0.15, 0.2) is 17.0 Å². The number of likely N-dealkylation sites (tertiary alicyclic amines) is 1. The van der Waals surface area contributed by atoms with Gasteiger partial charge >= 0.3 is 0 Å². The molecule has 10 heteroatoms. The Hall–Kier alpha value is -2.20. The minimum absolute atomic E-state index is 0.0313. The van der Waals surface area contributed by atoms with Crippen LogP contribution in [0.3, 0.4) is 0 Å². The van der Waals surface area contributed by atoms with E-state index in [2.05, 4.69) is 17.1 Å². The molecular weight excluding hydrogens is 374 g/mol. The SMILES string of the molecule is CCN1CCC[C@H]1CNC(=O)c1cc(S(=O)(=O)CC)c([N+](=O)[O-])cc1OC. The standard InChI is InChI=1S/C17H25N3O6S/c1-4-19-8-6-7-12(19)11-18-17(21)13-9-16(27(24,25)5-2)14(20(22)23)10-15(13)26-3/h9-10,12H,4-8,11H2,1-3H3,(H,18,21)/t12-/m0/s1. The topological polar surface area (TPSA) is 119 Å². The molecule has 1 aromatic carbocycles. The number of benzene rings is 1. The van der Waals surface area contributed by atoms with Crippen molar-refractivity contribution in [2.45, 2.75) is 37.6 Å². The summed E-state index contributed by atoms with van der Waals surface area (Å²) in [6, 6.07) is 2.25. The lowest BCUT2D eigenvalue weighted by Gasteiger charge is -2.23. The summed E-state index contributed by atoms with van der Waals surface area (Å²) in [5.41, 5.74) is -0.630. The average Bonchev–Trinajstić information content (AvgIpc) is 3.12. The van der Waals surface area contributed by atoms with Crippen molar-refractivity contribution in [1.29, 1.82) is 0 Å². The Kier molecular flexibility index (Phi) is 6.77. The summed E-state index contributed by atoms with van der Waals surface area (Å²) in [7, 11) is -2.61. The second-order valence-corrected chi connectivity index (χ2v) is 8.56. The molecule has 150 valence electrons. The van der Waals surface area contributed by atoms with Crippen molar-refractivity contribution < 1.29 is 22.9 Å². The van der Waals surface area contributed by atoms with Crippen LogP contribution in [0.4, 0.5) is 5.69 Å². The number of amides is 1. The largest absolute Gasteiger partial charge is 0.496 e. The lowest BCUT2D eigenvalue weighted by atomic mass is 10.1. The highest BCUT2D eigenvalue weighted by molar-refractivity contribution is 7.91. The van der Waals surface area contributed by atoms with Gasteiger partial charge in [-0.1, -0.05) is 13.8 Å². The van der Waals surface area contributed by atoms with Gasteiger partial charge in [0.2, 0.25) is 0 Å². The Morgan fingerprint density at radius 3 is 2.67 bits per heavy atom. The number of hydrogen-bond donors (Lipinski definition) is 1. The van der Waals surface area contributed by atoms with Gasteiger partial charge in [-0.3, -0.25) is 19.8 Å². The number of nitrogens with one attached hydrogen (secondary N) is 1. The molecule has 1 aliphatic heterocycles. The first kappa shape index (κ1) is 21.1. The fourth-order valence-electron chi connectivity index (χ4n) is 3.29. The van der Waals surface area contributed by atoms with Crippen molar-refractivity contribution in [3.05, 3.63) is 27.8 Å². The fraction of sp³-hybridized carbons (Fsp3) is 0.588. The van der Waals surface area contributed by atoms with Crippen molar-refractivity contribution in [3.63, 3.8) is 0 Å². The normalized spacial score (nSPS) is 17.7. The van der Waals surface area contributed by atoms with Crippen LogP contribution in [0, 0.1) is 10.1 Å². The average molecular weight is 399 g/mol. The molecule has 2 rings (SSSR count). The van der Waals surface area contributed by atoms with Crippen LogP contribution in [0.5, 0.6) is 5.75 Å². The number of hydrogen-bond acceptors (Lipinski definition) is 7. The van der Waals surface area contributed by atoms with Crippen LogP contribution in [0.2, 0.25) is 0 Å². The third-order valence-corrected chi connectivity index (χ3v) is 6.60.